The van der Waals surface area contributed by atoms with E-state index in [2.05, 4.69) is 15.5 Å². The predicted octanol–water partition coefficient (Wildman–Crippen LogP) is 4.32. The van der Waals surface area contributed by atoms with Gasteiger partial charge >= 0.3 is 0 Å². The quantitative estimate of drug-likeness (QED) is 0.450. The highest BCUT2D eigenvalue weighted by atomic mass is 32.1. The first-order valence-corrected chi connectivity index (χ1v) is 10.8. The summed E-state index contributed by atoms with van der Waals surface area (Å²) in [6.07, 6.45) is 0.389. The molecule has 3 amide bonds. The molecule has 3 aromatic carbocycles. The number of nitrogens with one attached hydrogen (secondary N) is 1. The molecule has 4 aromatic rings. The van der Waals surface area contributed by atoms with Gasteiger partial charge in [-0.2, -0.15) is 0 Å². The highest BCUT2D eigenvalue weighted by molar-refractivity contribution is 7.15. The maximum absolute atomic E-state index is 13.4. The fourth-order valence-electron chi connectivity index (χ4n) is 3.58. The van der Waals surface area contributed by atoms with Crippen LogP contribution in [0.25, 0.3) is 0 Å². The van der Waals surface area contributed by atoms with Crippen LogP contribution in [0.2, 0.25) is 0 Å². The standard InChI is InChI=1S/C24H15FN4O3S/c25-16-7-3-5-14(11-16)12-20-27-28-24(33-20)26-21(30)15-6-4-8-17(13-15)29-22(31)18-9-1-2-10-19(18)23(29)32/h1-11,13H,12H2,(H,26,28,30). The van der Waals surface area contributed by atoms with Gasteiger partial charge in [-0.15, -0.1) is 10.2 Å². The lowest BCUT2D eigenvalue weighted by molar-refractivity contribution is 0.0924. The molecule has 1 aliphatic rings. The van der Waals surface area contributed by atoms with Crippen molar-refractivity contribution in [3.05, 3.63) is 106 Å². The third-order valence-corrected chi connectivity index (χ3v) is 5.93. The van der Waals surface area contributed by atoms with Crippen LogP contribution in [0.1, 0.15) is 41.6 Å². The van der Waals surface area contributed by atoms with Gasteiger partial charge in [0.1, 0.15) is 10.8 Å². The summed E-state index contributed by atoms with van der Waals surface area (Å²) in [6.45, 7) is 0. The van der Waals surface area contributed by atoms with Crippen LogP contribution in [0.5, 0.6) is 0 Å². The second kappa shape index (κ2) is 8.36. The van der Waals surface area contributed by atoms with Crippen molar-refractivity contribution in [2.24, 2.45) is 0 Å². The van der Waals surface area contributed by atoms with Crippen LogP contribution in [-0.2, 0) is 6.42 Å². The third-order valence-electron chi connectivity index (χ3n) is 5.09. The predicted molar refractivity (Wildman–Crippen MR) is 121 cm³/mol. The van der Waals surface area contributed by atoms with Gasteiger partial charge in [0.2, 0.25) is 5.13 Å². The Labute approximate surface area is 191 Å². The van der Waals surface area contributed by atoms with E-state index in [1.807, 2.05) is 0 Å². The highest BCUT2D eigenvalue weighted by Gasteiger charge is 2.36. The van der Waals surface area contributed by atoms with Gasteiger partial charge in [-0.3, -0.25) is 19.7 Å². The van der Waals surface area contributed by atoms with Crippen molar-refractivity contribution >= 4 is 39.9 Å². The summed E-state index contributed by atoms with van der Waals surface area (Å²) >= 11 is 1.18. The van der Waals surface area contributed by atoms with E-state index in [4.69, 9.17) is 0 Å². The number of amides is 3. The Bertz CT molecular complexity index is 1380. The second-order valence-corrected chi connectivity index (χ2v) is 8.37. The van der Waals surface area contributed by atoms with Gasteiger partial charge in [0.15, 0.2) is 0 Å². The largest absolute Gasteiger partial charge is 0.296 e. The average molecular weight is 458 g/mol. The Kier molecular flexibility index (Phi) is 5.23. The number of fused-ring (bicyclic) bond motifs is 1. The van der Waals surface area contributed by atoms with Crippen molar-refractivity contribution in [1.29, 1.82) is 0 Å². The topological polar surface area (TPSA) is 92.3 Å². The zero-order valence-electron chi connectivity index (χ0n) is 17.0. The SMILES string of the molecule is O=C(Nc1nnc(Cc2cccc(F)c2)s1)c1cccc(N2C(=O)c3ccccc3C2=O)c1. The van der Waals surface area contributed by atoms with Crippen molar-refractivity contribution in [2.75, 3.05) is 10.2 Å². The van der Waals surface area contributed by atoms with Gasteiger partial charge in [0.05, 0.1) is 16.8 Å². The van der Waals surface area contributed by atoms with Crippen LogP contribution in [0, 0.1) is 5.82 Å². The lowest BCUT2D eigenvalue weighted by Crippen LogP contribution is -2.29. The van der Waals surface area contributed by atoms with Crippen molar-refractivity contribution in [3.8, 4) is 0 Å². The zero-order chi connectivity index (χ0) is 22.9. The summed E-state index contributed by atoms with van der Waals surface area (Å²) in [6, 6.07) is 19.0. The molecule has 0 unspecified atom stereocenters. The summed E-state index contributed by atoms with van der Waals surface area (Å²) in [5, 5.41) is 11.6. The first-order valence-electron chi connectivity index (χ1n) is 9.95. The van der Waals surface area contributed by atoms with Crippen molar-refractivity contribution < 1.29 is 18.8 Å². The Morgan fingerprint density at radius 1 is 0.909 bits per heavy atom. The summed E-state index contributed by atoms with van der Waals surface area (Å²) in [5.41, 5.74) is 1.97. The minimum atomic E-state index is -0.457. The van der Waals surface area contributed by atoms with E-state index in [1.54, 1.807) is 54.6 Å². The van der Waals surface area contributed by atoms with E-state index < -0.39 is 17.7 Å². The number of benzene rings is 3. The number of hydrogen-bond acceptors (Lipinski definition) is 6. The summed E-state index contributed by atoms with van der Waals surface area (Å²) in [5.74, 6) is -1.65. The summed E-state index contributed by atoms with van der Waals surface area (Å²) in [4.78, 5) is 39.3. The molecule has 2 heterocycles. The van der Waals surface area contributed by atoms with E-state index in [9.17, 15) is 18.8 Å². The summed E-state index contributed by atoms with van der Waals surface area (Å²) in [7, 11) is 0. The van der Waals surface area contributed by atoms with Crippen LogP contribution < -0.4 is 10.2 Å². The van der Waals surface area contributed by atoms with Crippen LogP contribution in [-0.4, -0.2) is 27.9 Å². The molecule has 0 aliphatic carbocycles. The smallest absolute Gasteiger partial charge is 0.266 e. The van der Waals surface area contributed by atoms with Crippen LogP contribution >= 0.6 is 11.3 Å². The molecule has 0 spiro atoms. The van der Waals surface area contributed by atoms with Gasteiger partial charge in [-0.1, -0.05) is 41.7 Å². The van der Waals surface area contributed by atoms with E-state index in [-0.39, 0.29) is 16.5 Å². The molecule has 9 heteroatoms. The van der Waals surface area contributed by atoms with Crippen molar-refractivity contribution in [2.45, 2.75) is 6.42 Å². The van der Waals surface area contributed by atoms with Crippen LogP contribution in [0.15, 0.2) is 72.8 Å². The third kappa shape index (κ3) is 4.01. The number of carbonyl (C=O) groups is 3. The number of carbonyl (C=O) groups excluding carboxylic acids is 3. The van der Waals surface area contributed by atoms with Gasteiger partial charge in [-0.25, -0.2) is 9.29 Å². The van der Waals surface area contributed by atoms with Crippen molar-refractivity contribution in [3.63, 3.8) is 0 Å². The van der Waals surface area contributed by atoms with Crippen LogP contribution in [0.3, 0.4) is 0 Å². The molecule has 0 radical (unpaired) electrons. The number of imide groups is 1. The second-order valence-electron chi connectivity index (χ2n) is 7.30. The zero-order valence-corrected chi connectivity index (χ0v) is 17.8. The summed E-state index contributed by atoms with van der Waals surface area (Å²) < 4.78 is 13.4. The van der Waals surface area contributed by atoms with Crippen LogP contribution in [0.4, 0.5) is 15.2 Å². The fourth-order valence-corrected chi connectivity index (χ4v) is 4.35. The first kappa shape index (κ1) is 20.7. The number of nitrogens with zero attached hydrogens (tertiary/aromatic N) is 3. The van der Waals surface area contributed by atoms with E-state index in [1.165, 1.54) is 29.5 Å². The van der Waals surface area contributed by atoms with Crippen molar-refractivity contribution in [1.82, 2.24) is 10.2 Å². The van der Waals surface area contributed by atoms with Gasteiger partial charge < -0.3 is 0 Å². The number of anilines is 2. The van der Waals surface area contributed by atoms with E-state index in [0.29, 0.717) is 28.2 Å². The Morgan fingerprint density at radius 3 is 2.36 bits per heavy atom. The normalized spacial score (nSPS) is 12.7. The Balaban J connectivity index is 1.32. The highest BCUT2D eigenvalue weighted by Crippen LogP contribution is 2.29. The maximum Gasteiger partial charge on any atom is 0.266 e. The molecule has 1 N–H and O–H groups in total. The molecular weight excluding hydrogens is 443 g/mol. The first-order chi connectivity index (χ1) is 16.0. The van der Waals surface area contributed by atoms with E-state index in [0.717, 1.165) is 10.5 Å². The molecule has 1 aliphatic heterocycles. The lowest BCUT2D eigenvalue weighted by atomic mass is 10.1. The molecule has 33 heavy (non-hydrogen) atoms. The number of halogens is 1. The van der Waals surface area contributed by atoms with Gasteiger partial charge in [0, 0.05) is 12.0 Å². The number of rotatable bonds is 5. The molecule has 0 saturated heterocycles. The molecule has 7 nitrogen and oxygen atoms in total. The molecule has 0 fully saturated rings. The number of aromatic nitrogens is 2. The fraction of sp³-hybridized carbons (Fsp3) is 0.0417. The maximum atomic E-state index is 13.4. The molecule has 0 atom stereocenters. The Morgan fingerprint density at radius 2 is 1.64 bits per heavy atom. The molecule has 0 saturated carbocycles. The average Bonchev–Trinajstić information content (AvgIpc) is 3.35. The molecule has 162 valence electrons. The minimum Gasteiger partial charge on any atom is -0.296 e. The minimum absolute atomic E-state index is 0.255. The Hall–Kier alpha value is -4.24. The van der Waals surface area contributed by atoms with E-state index >= 15 is 0 Å². The molecule has 1 aromatic heterocycles. The van der Waals surface area contributed by atoms with Gasteiger partial charge in [0.25, 0.3) is 17.7 Å². The molecule has 5 rings (SSSR count). The molecular formula is C24H15FN4O3S. The monoisotopic (exact) mass is 458 g/mol. The molecule has 0 bridgehead atoms. The van der Waals surface area contributed by atoms with Gasteiger partial charge in [-0.05, 0) is 48.0 Å². The lowest BCUT2D eigenvalue weighted by Gasteiger charge is -2.14. The number of hydrogen-bond donors (Lipinski definition) is 1.